The molecule has 0 aromatic heterocycles. The molecule has 222 valence electrons. The van der Waals surface area contributed by atoms with E-state index in [1.807, 2.05) is 0 Å². The molecule has 4 nitrogen and oxygen atoms in total. The van der Waals surface area contributed by atoms with Gasteiger partial charge in [-0.15, -0.1) is 0 Å². The van der Waals surface area contributed by atoms with Crippen LogP contribution in [0.5, 0.6) is 0 Å². The summed E-state index contributed by atoms with van der Waals surface area (Å²) in [6.07, 6.45) is 21.2. The third kappa shape index (κ3) is 5.64. The van der Waals surface area contributed by atoms with Gasteiger partial charge < -0.3 is 9.47 Å². The van der Waals surface area contributed by atoms with Crippen LogP contribution in [0.15, 0.2) is 0 Å². The van der Waals surface area contributed by atoms with E-state index < -0.39 is 11.2 Å². The lowest BCUT2D eigenvalue weighted by atomic mass is 9.53. The number of ether oxygens (including phenoxy) is 2. The molecule has 4 aliphatic rings. The van der Waals surface area contributed by atoms with Gasteiger partial charge in [0.1, 0.15) is 11.2 Å². The number of hydrogen-bond acceptors (Lipinski definition) is 4. The van der Waals surface area contributed by atoms with Crippen molar-refractivity contribution in [2.24, 2.45) is 16.7 Å². The van der Waals surface area contributed by atoms with Gasteiger partial charge in [0.05, 0.1) is 23.9 Å². The molecule has 4 aliphatic carbocycles. The average molecular weight is 535 g/mol. The van der Waals surface area contributed by atoms with Crippen molar-refractivity contribution in [2.75, 3.05) is 0 Å². The van der Waals surface area contributed by atoms with Crippen molar-refractivity contribution < 1.29 is 19.2 Å². The first-order valence-corrected chi connectivity index (χ1v) is 16.6. The Morgan fingerprint density at radius 2 is 1.03 bits per heavy atom. The first kappa shape index (κ1) is 30.8. The molecule has 4 atom stereocenters. The molecule has 4 rings (SSSR count). The van der Waals surface area contributed by atoms with Gasteiger partial charge in [0.25, 0.3) is 0 Å². The zero-order valence-corrected chi connectivity index (χ0v) is 26.5. The maximum absolute atomic E-state index is 7.55. The Hall–Kier alpha value is -0.160. The van der Waals surface area contributed by atoms with E-state index in [2.05, 4.69) is 55.4 Å². The second-order valence-corrected chi connectivity index (χ2v) is 15.5. The smallest absolute Gasteiger partial charge is 0.137 e. The molecule has 0 amide bonds. The van der Waals surface area contributed by atoms with E-state index in [4.69, 9.17) is 19.2 Å². The van der Waals surface area contributed by atoms with Crippen molar-refractivity contribution >= 4 is 0 Å². The average Bonchev–Trinajstić information content (AvgIpc) is 2.93. The highest BCUT2D eigenvalue weighted by Crippen LogP contribution is 2.64. The fraction of sp³-hybridized carbons (Fsp3) is 1.00. The monoisotopic (exact) mass is 534 g/mol. The van der Waals surface area contributed by atoms with Crippen molar-refractivity contribution in [3.63, 3.8) is 0 Å². The topological polar surface area (TPSA) is 36.9 Å². The molecule has 0 aromatic rings. The molecular weight excluding hydrogens is 472 g/mol. The van der Waals surface area contributed by atoms with E-state index >= 15 is 0 Å². The summed E-state index contributed by atoms with van der Waals surface area (Å²) in [4.78, 5) is 13.5. The fourth-order valence-corrected chi connectivity index (χ4v) is 8.73. The molecule has 0 saturated heterocycles. The van der Waals surface area contributed by atoms with Gasteiger partial charge in [-0.2, -0.15) is 0 Å². The van der Waals surface area contributed by atoms with E-state index in [1.54, 1.807) is 0 Å². The van der Waals surface area contributed by atoms with E-state index in [9.17, 15) is 0 Å². The van der Waals surface area contributed by atoms with Crippen molar-refractivity contribution in [3.8, 4) is 0 Å². The van der Waals surface area contributed by atoms with E-state index in [1.165, 1.54) is 70.6 Å². The maximum atomic E-state index is 7.55. The fourth-order valence-electron chi connectivity index (χ4n) is 8.73. The van der Waals surface area contributed by atoms with Gasteiger partial charge in [0.2, 0.25) is 0 Å². The molecule has 0 bridgehead atoms. The SMILES string of the molecule is CC1CCC(OOC2CCCCC2)(C(C)(C)C)C(C)(OC2CCCCC2)C(C)(C)C1(C)OC1CCCCC1. The highest BCUT2D eigenvalue weighted by molar-refractivity contribution is 5.20. The van der Waals surface area contributed by atoms with Crippen LogP contribution in [-0.2, 0) is 19.2 Å². The van der Waals surface area contributed by atoms with Gasteiger partial charge in [-0.25, -0.2) is 9.78 Å². The van der Waals surface area contributed by atoms with Gasteiger partial charge in [-0.05, 0) is 76.5 Å². The first-order valence-electron chi connectivity index (χ1n) is 16.6. The summed E-state index contributed by atoms with van der Waals surface area (Å²) >= 11 is 0. The quantitative estimate of drug-likeness (QED) is 0.185. The molecule has 0 N–H and O–H groups in total. The van der Waals surface area contributed by atoms with Crippen LogP contribution in [0.2, 0.25) is 0 Å². The lowest BCUT2D eigenvalue weighted by Gasteiger charge is -2.63. The minimum atomic E-state index is -0.597. The molecule has 4 heteroatoms. The first-order chi connectivity index (χ1) is 17.9. The minimum absolute atomic E-state index is 0.182. The van der Waals surface area contributed by atoms with Gasteiger partial charge in [0.15, 0.2) is 0 Å². The highest BCUT2D eigenvalue weighted by atomic mass is 17.2. The van der Waals surface area contributed by atoms with Crippen molar-refractivity contribution in [3.05, 3.63) is 0 Å². The number of rotatable bonds is 7. The second-order valence-electron chi connectivity index (χ2n) is 15.5. The van der Waals surface area contributed by atoms with Gasteiger partial charge >= 0.3 is 0 Å². The summed E-state index contributed by atoms with van der Waals surface area (Å²) in [5.74, 6) is 0.385. The van der Waals surface area contributed by atoms with Crippen LogP contribution in [0.3, 0.4) is 0 Å². The van der Waals surface area contributed by atoms with Crippen LogP contribution in [0.25, 0.3) is 0 Å². The van der Waals surface area contributed by atoms with Gasteiger partial charge in [-0.1, -0.05) is 99.3 Å². The lowest BCUT2D eigenvalue weighted by Crippen LogP contribution is -2.73. The zero-order valence-electron chi connectivity index (χ0n) is 26.5. The molecule has 0 aromatic carbocycles. The summed E-state index contributed by atoms with van der Waals surface area (Å²) in [5.41, 5.74) is -2.02. The van der Waals surface area contributed by atoms with Crippen LogP contribution >= 0.6 is 0 Å². The molecule has 4 saturated carbocycles. The van der Waals surface area contributed by atoms with Crippen molar-refractivity contribution in [1.29, 1.82) is 0 Å². The van der Waals surface area contributed by atoms with Crippen molar-refractivity contribution in [2.45, 2.75) is 200 Å². The van der Waals surface area contributed by atoms with Crippen LogP contribution in [0.4, 0.5) is 0 Å². The Morgan fingerprint density at radius 3 is 1.50 bits per heavy atom. The third-order valence-corrected chi connectivity index (χ3v) is 12.1. The minimum Gasteiger partial charge on any atom is -0.371 e. The Kier molecular flexibility index (Phi) is 9.71. The van der Waals surface area contributed by atoms with Crippen LogP contribution in [0, 0.1) is 16.7 Å². The van der Waals surface area contributed by atoms with E-state index in [-0.39, 0.29) is 28.6 Å². The molecule has 0 radical (unpaired) electrons. The largest absolute Gasteiger partial charge is 0.371 e. The predicted molar refractivity (Wildman–Crippen MR) is 156 cm³/mol. The van der Waals surface area contributed by atoms with Crippen LogP contribution in [0.1, 0.15) is 165 Å². The Balaban J connectivity index is 1.78. The van der Waals surface area contributed by atoms with Crippen LogP contribution in [-0.4, -0.2) is 35.1 Å². The van der Waals surface area contributed by atoms with Gasteiger partial charge in [-0.3, -0.25) is 0 Å². The molecule has 4 fully saturated rings. The standard InChI is InChI=1S/C34H62O4/c1-26-24-25-34(30(2,3)4,38-37-29-22-16-11-17-23-29)33(8,36-28-20-14-10-15-21-28)31(5,6)32(26,7)35-27-18-12-9-13-19-27/h26-29H,9-25H2,1-8H3. The van der Waals surface area contributed by atoms with Crippen LogP contribution < -0.4 is 0 Å². The molecule has 0 heterocycles. The lowest BCUT2D eigenvalue weighted by molar-refractivity contribution is -0.455. The summed E-state index contributed by atoms with van der Waals surface area (Å²) in [6, 6.07) is 0. The van der Waals surface area contributed by atoms with E-state index in [0.717, 1.165) is 38.5 Å². The normalized spacial score (nSPS) is 38.7. The second kappa shape index (κ2) is 12.0. The Bertz CT molecular complexity index is 740. The third-order valence-electron chi connectivity index (χ3n) is 12.1. The summed E-state index contributed by atoms with van der Waals surface area (Å²) in [7, 11) is 0. The van der Waals surface area contributed by atoms with E-state index in [0.29, 0.717) is 12.0 Å². The maximum Gasteiger partial charge on any atom is 0.137 e. The summed E-state index contributed by atoms with van der Waals surface area (Å²) in [6.45, 7) is 19.1. The van der Waals surface area contributed by atoms with Gasteiger partial charge in [0, 0.05) is 5.41 Å². The molecule has 38 heavy (non-hydrogen) atoms. The molecular formula is C34H62O4. The zero-order chi connectivity index (χ0) is 27.7. The highest BCUT2D eigenvalue weighted by Gasteiger charge is 2.72. The Morgan fingerprint density at radius 1 is 0.579 bits per heavy atom. The van der Waals surface area contributed by atoms with Crippen molar-refractivity contribution in [1.82, 2.24) is 0 Å². The molecule has 0 aliphatic heterocycles. The predicted octanol–water partition coefficient (Wildman–Crippen LogP) is 9.72. The molecule has 4 unspecified atom stereocenters. The Labute approximate surface area is 235 Å². The molecule has 0 spiro atoms. The number of hydrogen-bond donors (Lipinski definition) is 0. The summed E-state index contributed by atoms with van der Waals surface area (Å²) < 4.78 is 14.9. The summed E-state index contributed by atoms with van der Waals surface area (Å²) in [5, 5.41) is 0.